The van der Waals surface area contributed by atoms with Crippen molar-refractivity contribution in [3.8, 4) is 5.75 Å². The van der Waals surface area contributed by atoms with Crippen molar-refractivity contribution >= 4 is 0 Å². The van der Waals surface area contributed by atoms with Crippen molar-refractivity contribution in [1.29, 1.82) is 0 Å². The monoisotopic (exact) mass is 299 g/mol. The molecule has 6 heteroatoms. The van der Waals surface area contributed by atoms with Crippen LogP contribution in [0.15, 0.2) is 24.3 Å². The number of alkyl halides is 2. The first-order chi connectivity index (χ1) is 10.0. The Labute approximate surface area is 124 Å². The lowest BCUT2D eigenvalue weighted by atomic mass is 10.0. The molecule has 2 unspecified atom stereocenters. The Morgan fingerprint density at radius 2 is 1.95 bits per heavy atom. The van der Waals surface area contributed by atoms with E-state index in [0.717, 1.165) is 25.2 Å². The van der Waals surface area contributed by atoms with Gasteiger partial charge in [0.25, 0.3) is 0 Å². The molecule has 1 aliphatic rings. The molecule has 1 fully saturated rings. The third-order valence-electron chi connectivity index (χ3n) is 4.15. The smallest absolute Gasteiger partial charge is 0.387 e. The molecule has 2 N–H and O–H groups in total. The average Bonchev–Trinajstić information content (AvgIpc) is 2.45. The van der Waals surface area contributed by atoms with Gasteiger partial charge in [-0.2, -0.15) is 8.78 Å². The third kappa shape index (κ3) is 4.12. The number of hydrogen-bond acceptors (Lipinski definition) is 4. The first-order valence-electron chi connectivity index (χ1n) is 7.20. The van der Waals surface area contributed by atoms with Crippen LogP contribution in [0, 0.1) is 0 Å². The van der Waals surface area contributed by atoms with Crippen LogP contribution in [-0.4, -0.2) is 55.7 Å². The minimum absolute atomic E-state index is 0.113. The third-order valence-corrected chi connectivity index (χ3v) is 4.15. The number of ether oxygens (including phenoxy) is 1. The van der Waals surface area contributed by atoms with Gasteiger partial charge in [0.1, 0.15) is 5.75 Å². The first-order valence-corrected chi connectivity index (χ1v) is 7.20. The molecule has 2 atom stereocenters. The van der Waals surface area contributed by atoms with E-state index in [-0.39, 0.29) is 11.8 Å². The molecule has 0 bridgehead atoms. The summed E-state index contributed by atoms with van der Waals surface area (Å²) in [5.41, 5.74) is 6.97. The quantitative estimate of drug-likeness (QED) is 0.902. The van der Waals surface area contributed by atoms with Crippen LogP contribution in [0.3, 0.4) is 0 Å². The summed E-state index contributed by atoms with van der Waals surface area (Å²) in [7, 11) is 2.12. The van der Waals surface area contributed by atoms with Gasteiger partial charge in [-0.05, 0) is 31.7 Å². The minimum atomic E-state index is -2.79. The van der Waals surface area contributed by atoms with Gasteiger partial charge in [0.05, 0.1) is 0 Å². The topological polar surface area (TPSA) is 41.7 Å². The summed E-state index contributed by atoms with van der Waals surface area (Å²) >= 11 is 0. The zero-order valence-corrected chi connectivity index (χ0v) is 12.5. The maximum atomic E-state index is 12.2. The van der Waals surface area contributed by atoms with E-state index < -0.39 is 6.61 Å². The fraction of sp³-hybridized carbons (Fsp3) is 0.600. The van der Waals surface area contributed by atoms with E-state index in [1.54, 1.807) is 12.1 Å². The highest BCUT2D eigenvalue weighted by molar-refractivity contribution is 5.29. The molecule has 0 spiro atoms. The fourth-order valence-corrected chi connectivity index (χ4v) is 2.73. The normalized spacial score (nSPS) is 22.5. The van der Waals surface area contributed by atoms with Gasteiger partial charge in [0, 0.05) is 38.3 Å². The Morgan fingerprint density at radius 1 is 1.29 bits per heavy atom. The number of nitrogens with two attached hydrogens (primary N) is 1. The van der Waals surface area contributed by atoms with Crippen molar-refractivity contribution < 1.29 is 13.5 Å². The van der Waals surface area contributed by atoms with Gasteiger partial charge in [0.2, 0.25) is 0 Å². The summed E-state index contributed by atoms with van der Waals surface area (Å²) in [5, 5.41) is 0. The van der Waals surface area contributed by atoms with Crippen LogP contribution in [0.4, 0.5) is 8.78 Å². The standard InChI is InChI=1S/C15H23F2N3O/c1-11-10-20(8-7-19(11)2)14(9-18)12-3-5-13(6-4-12)21-15(16)17/h3-6,11,14-15H,7-10,18H2,1-2H3. The van der Waals surface area contributed by atoms with Crippen LogP contribution in [0.25, 0.3) is 0 Å². The van der Waals surface area contributed by atoms with E-state index in [4.69, 9.17) is 5.73 Å². The molecular weight excluding hydrogens is 276 g/mol. The first kappa shape index (κ1) is 16.1. The SMILES string of the molecule is CC1CN(C(CN)c2ccc(OC(F)F)cc2)CCN1C. The summed E-state index contributed by atoms with van der Waals surface area (Å²) in [6.45, 7) is 2.82. The minimum Gasteiger partial charge on any atom is -0.435 e. The van der Waals surface area contributed by atoms with Crippen LogP contribution < -0.4 is 10.5 Å². The Bertz CT molecular complexity index is 441. The highest BCUT2D eigenvalue weighted by Gasteiger charge is 2.26. The van der Waals surface area contributed by atoms with E-state index in [1.807, 2.05) is 12.1 Å². The van der Waals surface area contributed by atoms with Crippen molar-refractivity contribution in [1.82, 2.24) is 9.80 Å². The fourth-order valence-electron chi connectivity index (χ4n) is 2.73. The van der Waals surface area contributed by atoms with Gasteiger partial charge in [-0.15, -0.1) is 0 Å². The largest absolute Gasteiger partial charge is 0.435 e. The lowest BCUT2D eigenvalue weighted by Gasteiger charge is -2.41. The second-order valence-corrected chi connectivity index (χ2v) is 5.52. The molecule has 1 heterocycles. The van der Waals surface area contributed by atoms with Gasteiger partial charge in [-0.25, -0.2) is 0 Å². The van der Waals surface area contributed by atoms with E-state index in [1.165, 1.54) is 0 Å². The van der Waals surface area contributed by atoms with Crippen LogP contribution in [-0.2, 0) is 0 Å². The molecule has 0 aliphatic carbocycles. The lowest BCUT2D eigenvalue weighted by Crippen LogP contribution is -2.52. The van der Waals surface area contributed by atoms with Crippen molar-refractivity contribution in [2.75, 3.05) is 33.2 Å². The predicted octanol–water partition coefficient (Wildman–Crippen LogP) is 1.92. The number of benzene rings is 1. The van der Waals surface area contributed by atoms with Crippen molar-refractivity contribution in [2.45, 2.75) is 25.6 Å². The maximum absolute atomic E-state index is 12.2. The number of hydrogen-bond donors (Lipinski definition) is 1. The Morgan fingerprint density at radius 3 is 2.48 bits per heavy atom. The maximum Gasteiger partial charge on any atom is 0.387 e. The van der Waals surface area contributed by atoms with Crippen molar-refractivity contribution in [3.05, 3.63) is 29.8 Å². The second-order valence-electron chi connectivity index (χ2n) is 5.52. The van der Waals surface area contributed by atoms with Gasteiger partial charge in [0.15, 0.2) is 0 Å². The molecule has 21 heavy (non-hydrogen) atoms. The van der Waals surface area contributed by atoms with Gasteiger partial charge in [-0.3, -0.25) is 4.90 Å². The molecule has 1 aliphatic heterocycles. The molecule has 118 valence electrons. The van der Waals surface area contributed by atoms with E-state index in [9.17, 15) is 8.78 Å². The van der Waals surface area contributed by atoms with E-state index in [2.05, 4.69) is 28.5 Å². The Kier molecular flexibility index (Phi) is 5.50. The van der Waals surface area contributed by atoms with Crippen LogP contribution in [0.5, 0.6) is 5.75 Å². The number of halogens is 2. The summed E-state index contributed by atoms with van der Waals surface area (Å²) in [6, 6.07) is 7.38. The predicted molar refractivity (Wildman–Crippen MR) is 78.5 cm³/mol. The van der Waals surface area contributed by atoms with Crippen LogP contribution in [0.1, 0.15) is 18.5 Å². The molecule has 1 aromatic rings. The number of rotatable bonds is 5. The molecule has 2 rings (SSSR count). The number of nitrogens with zero attached hydrogens (tertiary/aromatic N) is 2. The molecule has 0 aromatic heterocycles. The van der Waals surface area contributed by atoms with Crippen molar-refractivity contribution in [2.24, 2.45) is 5.73 Å². The van der Waals surface area contributed by atoms with E-state index >= 15 is 0 Å². The molecule has 1 saturated heterocycles. The number of piperazine rings is 1. The molecular formula is C15H23F2N3O. The van der Waals surface area contributed by atoms with Crippen LogP contribution >= 0.6 is 0 Å². The average molecular weight is 299 g/mol. The molecule has 1 aromatic carbocycles. The van der Waals surface area contributed by atoms with Gasteiger partial charge < -0.3 is 15.4 Å². The molecule has 0 amide bonds. The van der Waals surface area contributed by atoms with Crippen LogP contribution in [0.2, 0.25) is 0 Å². The molecule has 4 nitrogen and oxygen atoms in total. The summed E-state index contributed by atoms with van der Waals surface area (Å²) in [4.78, 5) is 4.68. The van der Waals surface area contributed by atoms with Crippen molar-refractivity contribution in [3.63, 3.8) is 0 Å². The summed E-state index contributed by atoms with van der Waals surface area (Å²) in [6.07, 6.45) is 0. The highest BCUT2D eigenvalue weighted by Crippen LogP contribution is 2.25. The van der Waals surface area contributed by atoms with Gasteiger partial charge >= 0.3 is 6.61 Å². The summed E-state index contributed by atoms with van der Waals surface area (Å²) in [5.74, 6) is 0.177. The Hall–Kier alpha value is -1.24. The lowest BCUT2D eigenvalue weighted by molar-refractivity contribution is -0.0498. The van der Waals surface area contributed by atoms with Gasteiger partial charge in [-0.1, -0.05) is 12.1 Å². The Balaban J connectivity index is 2.06. The van der Waals surface area contributed by atoms with E-state index in [0.29, 0.717) is 12.6 Å². The summed E-state index contributed by atoms with van der Waals surface area (Å²) < 4.78 is 28.7. The highest BCUT2D eigenvalue weighted by atomic mass is 19.3. The zero-order chi connectivity index (χ0) is 15.4. The second kappa shape index (κ2) is 7.15. The number of likely N-dealkylation sites (N-methyl/N-ethyl adjacent to an activating group) is 1. The zero-order valence-electron chi connectivity index (χ0n) is 12.5. The molecule has 0 radical (unpaired) electrons. The molecule has 0 saturated carbocycles.